The monoisotopic (exact) mass is 254 g/mol. The smallest absolute Gasteiger partial charge is 0.251 e. The molecule has 1 N–H and O–H groups in total. The third-order valence-corrected chi connectivity index (χ3v) is 3.07. The Morgan fingerprint density at radius 2 is 2.35 bits per heavy atom. The number of hydrogen-bond donors (Lipinski definition) is 1. The van der Waals surface area contributed by atoms with Gasteiger partial charge in [0.15, 0.2) is 0 Å². The number of hydrogen-bond acceptors (Lipinski definition) is 3. The standard InChI is InChI=1S/C12H15ClN2O2/c1-7-5-9(6-11(13)14-7)12(16)15-10-3-4-17-8(10)2/h5-6,8,10H,3-4H2,1-2H3,(H,15,16). The maximum atomic E-state index is 12.0. The molecule has 2 rings (SSSR count). The lowest BCUT2D eigenvalue weighted by molar-refractivity contribution is 0.0866. The predicted octanol–water partition coefficient (Wildman–Crippen LogP) is 1.95. The summed E-state index contributed by atoms with van der Waals surface area (Å²) in [7, 11) is 0. The van der Waals surface area contributed by atoms with Gasteiger partial charge in [0.2, 0.25) is 0 Å². The first-order valence-corrected chi connectivity index (χ1v) is 6.00. The molecule has 1 aromatic heterocycles. The quantitative estimate of drug-likeness (QED) is 0.821. The summed E-state index contributed by atoms with van der Waals surface area (Å²) in [5, 5.41) is 3.29. The van der Waals surface area contributed by atoms with E-state index in [1.54, 1.807) is 12.1 Å². The average Bonchev–Trinajstić information content (AvgIpc) is 2.63. The molecule has 1 amide bonds. The van der Waals surface area contributed by atoms with Crippen LogP contribution in [0.5, 0.6) is 0 Å². The molecular formula is C12H15ClN2O2. The molecule has 2 atom stereocenters. The number of nitrogens with zero attached hydrogens (tertiary/aromatic N) is 1. The Bertz CT molecular complexity index is 416. The van der Waals surface area contributed by atoms with Crippen molar-refractivity contribution in [2.24, 2.45) is 0 Å². The molecule has 2 heterocycles. The van der Waals surface area contributed by atoms with Crippen molar-refractivity contribution in [3.63, 3.8) is 0 Å². The van der Waals surface area contributed by atoms with Crippen LogP contribution < -0.4 is 5.32 Å². The van der Waals surface area contributed by atoms with Gasteiger partial charge >= 0.3 is 0 Å². The van der Waals surface area contributed by atoms with Crippen molar-refractivity contribution in [3.05, 3.63) is 28.5 Å². The number of rotatable bonds is 2. The molecule has 5 heteroatoms. The second-order valence-corrected chi connectivity index (χ2v) is 4.65. The summed E-state index contributed by atoms with van der Waals surface area (Å²) in [5.41, 5.74) is 1.28. The summed E-state index contributed by atoms with van der Waals surface area (Å²) in [6.45, 7) is 4.47. The van der Waals surface area contributed by atoms with E-state index in [-0.39, 0.29) is 18.1 Å². The number of aromatic nitrogens is 1. The molecule has 0 aromatic carbocycles. The van der Waals surface area contributed by atoms with Gasteiger partial charge in [-0.2, -0.15) is 0 Å². The summed E-state index contributed by atoms with van der Waals surface area (Å²) in [6.07, 6.45) is 0.919. The molecule has 4 nitrogen and oxygen atoms in total. The summed E-state index contributed by atoms with van der Waals surface area (Å²) >= 11 is 5.82. The number of pyridine rings is 1. The fourth-order valence-electron chi connectivity index (χ4n) is 1.93. The third kappa shape index (κ3) is 2.96. The minimum atomic E-state index is -0.125. The lowest BCUT2D eigenvalue weighted by atomic mass is 10.1. The van der Waals surface area contributed by atoms with Crippen LogP contribution in [0.1, 0.15) is 29.4 Å². The van der Waals surface area contributed by atoms with Crippen molar-refractivity contribution < 1.29 is 9.53 Å². The van der Waals surface area contributed by atoms with Crippen molar-refractivity contribution >= 4 is 17.5 Å². The highest BCUT2D eigenvalue weighted by Crippen LogP contribution is 2.15. The van der Waals surface area contributed by atoms with E-state index in [9.17, 15) is 4.79 Å². The van der Waals surface area contributed by atoms with Gasteiger partial charge in [-0.05, 0) is 32.4 Å². The summed E-state index contributed by atoms with van der Waals surface area (Å²) < 4.78 is 5.40. The minimum absolute atomic E-state index is 0.0670. The maximum Gasteiger partial charge on any atom is 0.251 e. The van der Waals surface area contributed by atoms with Crippen LogP contribution in [0.3, 0.4) is 0 Å². The van der Waals surface area contributed by atoms with Gasteiger partial charge in [0.25, 0.3) is 5.91 Å². The zero-order chi connectivity index (χ0) is 12.4. The number of aryl methyl sites for hydroxylation is 1. The Morgan fingerprint density at radius 1 is 1.59 bits per heavy atom. The first kappa shape index (κ1) is 12.3. The Hall–Kier alpha value is -1.13. The fourth-order valence-corrected chi connectivity index (χ4v) is 2.18. The van der Waals surface area contributed by atoms with Gasteiger partial charge in [-0.15, -0.1) is 0 Å². The average molecular weight is 255 g/mol. The van der Waals surface area contributed by atoms with E-state index in [4.69, 9.17) is 16.3 Å². The number of carbonyl (C=O) groups excluding carboxylic acids is 1. The third-order valence-electron chi connectivity index (χ3n) is 2.88. The number of nitrogens with one attached hydrogen (secondary N) is 1. The SMILES string of the molecule is Cc1cc(C(=O)NC2CCOC2C)cc(Cl)n1. The molecule has 0 aliphatic carbocycles. The summed E-state index contributed by atoms with van der Waals surface area (Å²) in [4.78, 5) is 16.0. The molecule has 2 unspecified atom stereocenters. The summed E-state index contributed by atoms with van der Waals surface area (Å²) in [5.74, 6) is -0.125. The van der Waals surface area contributed by atoms with Gasteiger partial charge in [0, 0.05) is 17.9 Å². The first-order chi connectivity index (χ1) is 8.06. The Morgan fingerprint density at radius 3 is 2.94 bits per heavy atom. The van der Waals surface area contributed by atoms with E-state index in [0.29, 0.717) is 17.3 Å². The molecule has 0 spiro atoms. The number of amides is 1. The molecule has 0 saturated carbocycles. The van der Waals surface area contributed by atoms with Crippen molar-refractivity contribution in [1.29, 1.82) is 0 Å². The lowest BCUT2D eigenvalue weighted by Crippen LogP contribution is -2.39. The number of carbonyl (C=O) groups is 1. The maximum absolute atomic E-state index is 12.0. The van der Waals surface area contributed by atoms with E-state index < -0.39 is 0 Å². The molecule has 92 valence electrons. The Balaban J connectivity index is 2.09. The molecule has 0 radical (unpaired) electrons. The molecule has 1 saturated heterocycles. The van der Waals surface area contributed by atoms with Gasteiger partial charge in [0.05, 0.1) is 12.1 Å². The number of ether oxygens (including phenoxy) is 1. The van der Waals surface area contributed by atoms with Crippen molar-refractivity contribution in [2.75, 3.05) is 6.61 Å². The molecule has 17 heavy (non-hydrogen) atoms. The van der Waals surface area contributed by atoms with Crippen molar-refractivity contribution in [3.8, 4) is 0 Å². The van der Waals surface area contributed by atoms with Crippen molar-refractivity contribution in [1.82, 2.24) is 10.3 Å². The van der Waals surface area contributed by atoms with E-state index in [1.165, 1.54) is 0 Å². The molecule has 0 bridgehead atoms. The van der Waals surface area contributed by atoms with Crippen LogP contribution >= 0.6 is 11.6 Å². The van der Waals surface area contributed by atoms with Gasteiger partial charge in [0.1, 0.15) is 5.15 Å². The Labute approximate surface area is 105 Å². The van der Waals surface area contributed by atoms with Gasteiger partial charge in [-0.3, -0.25) is 4.79 Å². The van der Waals surface area contributed by atoms with E-state index in [1.807, 2.05) is 13.8 Å². The van der Waals surface area contributed by atoms with Crippen LogP contribution in [-0.4, -0.2) is 29.6 Å². The van der Waals surface area contributed by atoms with E-state index in [0.717, 1.165) is 12.1 Å². The zero-order valence-electron chi connectivity index (χ0n) is 9.87. The van der Waals surface area contributed by atoms with Crippen LogP contribution in [0.25, 0.3) is 0 Å². The van der Waals surface area contributed by atoms with Gasteiger partial charge in [-0.25, -0.2) is 4.98 Å². The van der Waals surface area contributed by atoms with Crippen LogP contribution in [0.2, 0.25) is 5.15 Å². The first-order valence-electron chi connectivity index (χ1n) is 5.63. The Kier molecular flexibility index (Phi) is 3.64. The minimum Gasteiger partial charge on any atom is -0.376 e. The molecule has 1 aliphatic heterocycles. The molecule has 1 fully saturated rings. The largest absolute Gasteiger partial charge is 0.376 e. The lowest BCUT2D eigenvalue weighted by Gasteiger charge is -2.16. The van der Waals surface area contributed by atoms with Crippen LogP contribution in [0.4, 0.5) is 0 Å². The molecular weight excluding hydrogens is 240 g/mol. The van der Waals surface area contributed by atoms with Crippen LogP contribution in [0.15, 0.2) is 12.1 Å². The van der Waals surface area contributed by atoms with Gasteiger partial charge in [-0.1, -0.05) is 11.6 Å². The zero-order valence-corrected chi connectivity index (χ0v) is 10.6. The highest BCUT2D eigenvalue weighted by atomic mass is 35.5. The normalized spacial score (nSPS) is 23.7. The van der Waals surface area contributed by atoms with E-state index in [2.05, 4.69) is 10.3 Å². The van der Waals surface area contributed by atoms with Gasteiger partial charge < -0.3 is 10.1 Å². The topological polar surface area (TPSA) is 51.2 Å². The van der Waals surface area contributed by atoms with Crippen LogP contribution in [0, 0.1) is 6.92 Å². The van der Waals surface area contributed by atoms with Crippen molar-refractivity contribution in [2.45, 2.75) is 32.4 Å². The number of halogens is 1. The second-order valence-electron chi connectivity index (χ2n) is 4.26. The predicted molar refractivity (Wildman–Crippen MR) is 65.3 cm³/mol. The fraction of sp³-hybridized carbons (Fsp3) is 0.500. The molecule has 1 aromatic rings. The molecule has 1 aliphatic rings. The highest BCUT2D eigenvalue weighted by Gasteiger charge is 2.26. The van der Waals surface area contributed by atoms with E-state index >= 15 is 0 Å². The highest BCUT2D eigenvalue weighted by molar-refractivity contribution is 6.29. The summed E-state index contributed by atoms with van der Waals surface area (Å²) in [6, 6.07) is 3.38. The van der Waals surface area contributed by atoms with Crippen LogP contribution in [-0.2, 0) is 4.74 Å². The second kappa shape index (κ2) is 5.02.